The monoisotopic (exact) mass is 255 g/mol. The fraction of sp³-hybridized carbons (Fsp3) is 0.250. The summed E-state index contributed by atoms with van der Waals surface area (Å²) in [6.45, 7) is 5.62. The Bertz CT molecular complexity index is 666. The third-order valence-electron chi connectivity index (χ3n) is 3.22. The van der Waals surface area contributed by atoms with Gasteiger partial charge in [0.2, 0.25) is 0 Å². The van der Waals surface area contributed by atoms with Gasteiger partial charge in [-0.3, -0.25) is 9.59 Å². The van der Waals surface area contributed by atoms with Crippen LogP contribution in [0.15, 0.2) is 35.1 Å². The Labute approximate surface area is 112 Å². The number of nitrogens with one attached hydrogen (secondary N) is 1. The van der Waals surface area contributed by atoms with Crippen molar-refractivity contribution in [3.05, 3.63) is 68.6 Å². The number of pyridine rings is 1. The second kappa shape index (κ2) is 5.22. The Morgan fingerprint density at radius 1 is 1.16 bits per heavy atom. The summed E-state index contributed by atoms with van der Waals surface area (Å²) < 4.78 is 0. The molecule has 1 aromatic heterocycles. The summed E-state index contributed by atoms with van der Waals surface area (Å²) >= 11 is 0. The van der Waals surface area contributed by atoms with Crippen molar-refractivity contribution < 1.29 is 4.79 Å². The van der Waals surface area contributed by atoms with E-state index in [1.165, 1.54) is 0 Å². The number of aromatic nitrogens is 1. The summed E-state index contributed by atoms with van der Waals surface area (Å²) in [5, 5.41) is 0. The lowest BCUT2D eigenvalue weighted by Gasteiger charge is -2.08. The number of hydrogen-bond donors (Lipinski definition) is 1. The highest BCUT2D eigenvalue weighted by Gasteiger charge is 2.14. The molecule has 2 rings (SSSR count). The maximum Gasteiger partial charge on any atom is 0.251 e. The topological polar surface area (TPSA) is 49.9 Å². The largest absolute Gasteiger partial charge is 0.325 e. The van der Waals surface area contributed by atoms with Crippen LogP contribution in [0.1, 0.15) is 39.7 Å². The molecule has 1 heterocycles. The van der Waals surface area contributed by atoms with Crippen LogP contribution in [0.2, 0.25) is 0 Å². The van der Waals surface area contributed by atoms with Gasteiger partial charge in [-0.25, -0.2) is 0 Å². The lowest BCUT2D eigenvalue weighted by atomic mass is 9.99. The summed E-state index contributed by atoms with van der Waals surface area (Å²) in [4.78, 5) is 26.8. The maximum atomic E-state index is 12.5. The van der Waals surface area contributed by atoms with Crippen molar-refractivity contribution in [3.63, 3.8) is 0 Å². The van der Waals surface area contributed by atoms with Crippen LogP contribution in [-0.4, -0.2) is 10.8 Å². The smallest absolute Gasteiger partial charge is 0.251 e. The van der Waals surface area contributed by atoms with E-state index in [1.54, 1.807) is 13.0 Å². The van der Waals surface area contributed by atoms with Crippen LogP contribution in [0, 0.1) is 13.8 Å². The summed E-state index contributed by atoms with van der Waals surface area (Å²) in [5.74, 6) is -0.0452. The highest BCUT2D eigenvalue weighted by Crippen LogP contribution is 2.14. The molecule has 0 fully saturated rings. The van der Waals surface area contributed by atoms with Gasteiger partial charge in [0, 0.05) is 22.4 Å². The molecule has 0 amide bonds. The first-order valence-electron chi connectivity index (χ1n) is 6.37. The summed E-state index contributed by atoms with van der Waals surface area (Å²) in [6.07, 6.45) is 0.627. The molecular formula is C16H17NO2. The summed E-state index contributed by atoms with van der Waals surface area (Å²) in [6, 6.07) is 9.14. The van der Waals surface area contributed by atoms with Crippen LogP contribution < -0.4 is 5.56 Å². The number of aromatic amines is 1. The second-order valence-electron chi connectivity index (χ2n) is 4.72. The standard InChI is InChI=1S/C16H17NO2/c1-4-14-13(9-11(3)16(19)17-14)15(18)12-7-5-10(2)6-8-12/h5-9H,4H2,1-3H3,(H,17,19). The third kappa shape index (κ3) is 2.65. The molecule has 0 aliphatic carbocycles. The third-order valence-corrected chi connectivity index (χ3v) is 3.22. The molecule has 0 aliphatic heterocycles. The Kier molecular flexibility index (Phi) is 3.65. The van der Waals surface area contributed by atoms with Crippen LogP contribution in [-0.2, 0) is 6.42 Å². The van der Waals surface area contributed by atoms with E-state index in [-0.39, 0.29) is 11.3 Å². The molecule has 0 saturated carbocycles. The first-order chi connectivity index (χ1) is 9.02. The molecule has 0 atom stereocenters. The number of carbonyl (C=O) groups is 1. The van der Waals surface area contributed by atoms with Crippen molar-refractivity contribution in [3.8, 4) is 0 Å². The summed E-state index contributed by atoms with van der Waals surface area (Å²) in [5.41, 5.74) is 3.48. The van der Waals surface area contributed by atoms with Gasteiger partial charge in [-0.2, -0.15) is 0 Å². The Morgan fingerprint density at radius 3 is 2.37 bits per heavy atom. The molecule has 3 heteroatoms. The van der Waals surface area contributed by atoms with Crippen LogP contribution in [0.4, 0.5) is 0 Å². The number of carbonyl (C=O) groups excluding carboxylic acids is 1. The van der Waals surface area contributed by atoms with Gasteiger partial charge in [-0.15, -0.1) is 0 Å². The van der Waals surface area contributed by atoms with Crippen molar-refractivity contribution in [2.75, 3.05) is 0 Å². The molecule has 0 bridgehead atoms. The zero-order chi connectivity index (χ0) is 14.0. The predicted octanol–water partition coefficient (Wildman–Crippen LogP) is 2.79. The van der Waals surface area contributed by atoms with Gasteiger partial charge in [0.05, 0.1) is 0 Å². The molecular weight excluding hydrogens is 238 g/mol. The zero-order valence-corrected chi connectivity index (χ0v) is 11.4. The molecule has 98 valence electrons. The SMILES string of the molecule is CCc1[nH]c(=O)c(C)cc1C(=O)c1ccc(C)cc1. The van der Waals surface area contributed by atoms with Crippen LogP contribution in [0.3, 0.4) is 0 Å². The lowest BCUT2D eigenvalue weighted by Crippen LogP contribution is -2.17. The molecule has 19 heavy (non-hydrogen) atoms. The number of H-pyrrole nitrogens is 1. The van der Waals surface area contributed by atoms with Crippen molar-refractivity contribution in [2.45, 2.75) is 27.2 Å². The van der Waals surface area contributed by atoms with Gasteiger partial charge >= 0.3 is 0 Å². The van der Waals surface area contributed by atoms with Gasteiger partial charge in [0.25, 0.3) is 5.56 Å². The Hall–Kier alpha value is -2.16. The first kappa shape index (κ1) is 13.3. The fourth-order valence-corrected chi connectivity index (χ4v) is 2.01. The predicted molar refractivity (Wildman–Crippen MR) is 75.8 cm³/mol. The minimum absolute atomic E-state index is 0.0452. The van der Waals surface area contributed by atoms with E-state index in [0.29, 0.717) is 28.8 Å². The zero-order valence-electron chi connectivity index (χ0n) is 11.4. The van der Waals surface area contributed by atoms with Crippen LogP contribution >= 0.6 is 0 Å². The molecule has 1 aromatic carbocycles. The van der Waals surface area contributed by atoms with Gasteiger partial charge in [-0.1, -0.05) is 36.8 Å². The van der Waals surface area contributed by atoms with E-state index in [9.17, 15) is 9.59 Å². The van der Waals surface area contributed by atoms with Crippen molar-refractivity contribution >= 4 is 5.78 Å². The van der Waals surface area contributed by atoms with Gasteiger partial charge in [0.1, 0.15) is 0 Å². The molecule has 0 radical (unpaired) electrons. The summed E-state index contributed by atoms with van der Waals surface area (Å²) in [7, 11) is 0. The van der Waals surface area contributed by atoms with Crippen molar-refractivity contribution in [2.24, 2.45) is 0 Å². The average Bonchev–Trinajstić information content (AvgIpc) is 2.41. The van der Waals surface area contributed by atoms with E-state index < -0.39 is 0 Å². The molecule has 0 spiro atoms. The Balaban J connectivity index is 2.52. The maximum absolute atomic E-state index is 12.5. The molecule has 2 aromatic rings. The molecule has 3 nitrogen and oxygen atoms in total. The normalized spacial score (nSPS) is 10.5. The van der Waals surface area contributed by atoms with Gasteiger partial charge < -0.3 is 4.98 Å². The average molecular weight is 255 g/mol. The number of aryl methyl sites for hydroxylation is 3. The second-order valence-corrected chi connectivity index (χ2v) is 4.72. The van der Waals surface area contributed by atoms with Crippen molar-refractivity contribution in [1.82, 2.24) is 4.98 Å². The molecule has 1 N–H and O–H groups in total. The van der Waals surface area contributed by atoms with E-state index in [1.807, 2.05) is 38.1 Å². The van der Waals surface area contributed by atoms with E-state index in [0.717, 1.165) is 5.56 Å². The number of benzene rings is 1. The number of hydrogen-bond acceptors (Lipinski definition) is 2. The van der Waals surface area contributed by atoms with Crippen LogP contribution in [0.25, 0.3) is 0 Å². The number of ketones is 1. The highest BCUT2D eigenvalue weighted by molar-refractivity contribution is 6.09. The van der Waals surface area contributed by atoms with Gasteiger partial charge in [0.15, 0.2) is 5.78 Å². The van der Waals surface area contributed by atoms with Gasteiger partial charge in [-0.05, 0) is 26.3 Å². The number of rotatable bonds is 3. The highest BCUT2D eigenvalue weighted by atomic mass is 16.1. The molecule has 0 aliphatic rings. The fourth-order valence-electron chi connectivity index (χ4n) is 2.01. The minimum Gasteiger partial charge on any atom is -0.325 e. The van der Waals surface area contributed by atoms with Crippen LogP contribution in [0.5, 0.6) is 0 Å². The van der Waals surface area contributed by atoms with E-state index in [4.69, 9.17) is 0 Å². The quantitative estimate of drug-likeness (QED) is 0.857. The Morgan fingerprint density at radius 2 is 1.79 bits per heavy atom. The van der Waals surface area contributed by atoms with E-state index in [2.05, 4.69) is 4.98 Å². The van der Waals surface area contributed by atoms with E-state index >= 15 is 0 Å². The molecule has 0 unspecified atom stereocenters. The first-order valence-corrected chi connectivity index (χ1v) is 6.37. The molecule has 0 saturated heterocycles. The van der Waals surface area contributed by atoms with Crippen molar-refractivity contribution in [1.29, 1.82) is 0 Å². The minimum atomic E-state index is -0.127. The lowest BCUT2D eigenvalue weighted by molar-refractivity contribution is 0.103.